The number of carbonyl (C=O) groups excluding carboxylic acids is 3. The molecule has 2 fully saturated rings. The minimum atomic E-state index is -0.627. The number of hydrogen-bond acceptors (Lipinski definition) is 8. The van der Waals surface area contributed by atoms with Gasteiger partial charge in [-0.2, -0.15) is 0 Å². The second-order valence-corrected chi connectivity index (χ2v) is 16.5. The summed E-state index contributed by atoms with van der Waals surface area (Å²) in [5, 5.41) is 0. The molecule has 10 atom stereocenters. The van der Waals surface area contributed by atoms with Crippen molar-refractivity contribution in [3.63, 3.8) is 0 Å². The highest BCUT2D eigenvalue weighted by Gasteiger charge is 2.56. The number of hydrogen-bond donors (Lipinski definition) is 0. The molecule has 4 aliphatic rings. The fourth-order valence-corrected chi connectivity index (χ4v) is 10.6. The maximum Gasteiger partial charge on any atom is 0.306 e. The van der Waals surface area contributed by atoms with Crippen LogP contribution >= 0.6 is 22.6 Å². The van der Waals surface area contributed by atoms with E-state index in [4.69, 9.17) is 23.7 Å². The lowest BCUT2D eigenvalue weighted by molar-refractivity contribution is -0.213. The molecule has 1 aliphatic heterocycles. The number of alkyl halides is 1. The Morgan fingerprint density at radius 2 is 1.90 bits per heavy atom. The number of carbonyl (C=O) groups is 3. The zero-order valence-corrected chi connectivity index (χ0v) is 32.0. The Kier molecular flexibility index (Phi) is 14.0. The van der Waals surface area contributed by atoms with Crippen LogP contribution in [-0.2, 0) is 38.1 Å². The van der Waals surface area contributed by atoms with E-state index in [0.29, 0.717) is 30.1 Å². The van der Waals surface area contributed by atoms with Gasteiger partial charge in [0, 0.05) is 23.7 Å². The fourth-order valence-electron chi connectivity index (χ4n) is 8.93. The molecule has 0 aromatic heterocycles. The summed E-state index contributed by atoms with van der Waals surface area (Å²) >= 11 is 2.83. The van der Waals surface area contributed by atoms with Gasteiger partial charge < -0.3 is 23.7 Å². The van der Waals surface area contributed by atoms with Crippen LogP contribution in [0.25, 0.3) is 0 Å². The van der Waals surface area contributed by atoms with Crippen molar-refractivity contribution in [1.29, 1.82) is 0 Å². The van der Waals surface area contributed by atoms with E-state index in [0.717, 1.165) is 38.5 Å². The molecule has 8 nitrogen and oxygen atoms in total. The third kappa shape index (κ3) is 9.22. The van der Waals surface area contributed by atoms with Crippen molar-refractivity contribution in [1.82, 2.24) is 0 Å². The van der Waals surface area contributed by atoms with Crippen molar-refractivity contribution in [2.75, 3.05) is 13.2 Å². The SMILES string of the molecule is C=CCOC(=O)CCC/C=C(\C)[C@@H](C)C1(I)CCC2C(CC=C3C[C@@H](OC4C=C[C@H](OC(C)=O)[C@@H](COC(C)=O)O4)CC[C@@]32C)C1CC. The average molecular weight is 781 g/mol. The molecule has 0 aromatic carbocycles. The van der Waals surface area contributed by atoms with E-state index in [9.17, 15) is 14.4 Å². The molecule has 0 radical (unpaired) electrons. The van der Waals surface area contributed by atoms with Crippen molar-refractivity contribution >= 4 is 40.5 Å². The van der Waals surface area contributed by atoms with Crippen molar-refractivity contribution in [3.05, 3.63) is 48.1 Å². The van der Waals surface area contributed by atoms with Gasteiger partial charge in [-0.25, -0.2) is 0 Å². The van der Waals surface area contributed by atoms with Gasteiger partial charge in [0.25, 0.3) is 0 Å². The van der Waals surface area contributed by atoms with Crippen LogP contribution in [0.4, 0.5) is 0 Å². The first-order chi connectivity index (χ1) is 22.8. The first-order valence-corrected chi connectivity index (χ1v) is 19.0. The standard InChI is InChI=1S/C39H57IO8/c1-8-22-44-36(43)13-11-10-12-25(3)26(4)39(40)21-19-33-31(32(39)9-2)15-14-29-23-30(18-20-38(29,33)7)47-37-17-16-34(46-28(6)42)35(48-37)24-45-27(5)41/h8,12,14,16-17,26,30-35,37H,1,9-11,13,15,18-24H2,2-7H3/b25-12+/t26-,30+,31?,32?,33?,34+,35-,37?,38+,39?/m1/s1. The molecule has 0 spiro atoms. The van der Waals surface area contributed by atoms with E-state index >= 15 is 0 Å². The zero-order chi connectivity index (χ0) is 35.1. The average Bonchev–Trinajstić information content (AvgIpc) is 3.05. The van der Waals surface area contributed by atoms with E-state index in [2.05, 4.69) is 69.0 Å². The van der Waals surface area contributed by atoms with Gasteiger partial charge in [-0.15, -0.1) is 0 Å². The summed E-state index contributed by atoms with van der Waals surface area (Å²) in [6, 6.07) is 0. The van der Waals surface area contributed by atoms with E-state index in [1.165, 1.54) is 44.3 Å². The molecule has 0 aromatic rings. The van der Waals surface area contributed by atoms with Crippen LogP contribution in [0.15, 0.2) is 48.1 Å². The predicted molar refractivity (Wildman–Crippen MR) is 194 cm³/mol. The second-order valence-electron chi connectivity index (χ2n) is 14.5. The monoisotopic (exact) mass is 780 g/mol. The quantitative estimate of drug-likeness (QED) is 0.0434. The maximum atomic E-state index is 11.9. The number of unbranched alkanes of at least 4 members (excludes halogenated alkanes) is 1. The Morgan fingerprint density at radius 1 is 1.12 bits per heavy atom. The summed E-state index contributed by atoms with van der Waals surface area (Å²) < 4.78 is 28.5. The third-order valence-electron chi connectivity index (χ3n) is 11.6. The van der Waals surface area contributed by atoms with Crippen LogP contribution in [-0.4, -0.2) is 59.1 Å². The zero-order valence-electron chi connectivity index (χ0n) is 29.8. The normalized spacial score (nSPS) is 35.4. The lowest BCUT2D eigenvalue weighted by Gasteiger charge is -2.59. The topological polar surface area (TPSA) is 97.4 Å². The third-order valence-corrected chi connectivity index (χ3v) is 13.9. The van der Waals surface area contributed by atoms with Gasteiger partial charge in [0.2, 0.25) is 0 Å². The molecular formula is C39H57IO8. The van der Waals surface area contributed by atoms with Gasteiger partial charge in [-0.3, -0.25) is 14.4 Å². The summed E-state index contributed by atoms with van der Waals surface area (Å²) in [7, 11) is 0. The summed E-state index contributed by atoms with van der Waals surface area (Å²) in [6.45, 7) is 16.2. The largest absolute Gasteiger partial charge is 0.463 e. The number of ether oxygens (including phenoxy) is 5. The van der Waals surface area contributed by atoms with Crippen LogP contribution in [0.3, 0.4) is 0 Å². The molecule has 48 heavy (non-hydrogen) atoms. The summed E-state index contributed by atoms with van der Waals surface area (Å²) in [4.78, 5) is 34.9. The number of esters is 3. The Morgan fingerprint density at radius 3 is 2.58 bits per heavy atom. The van der Waals surface area contributed by atoms with E-state index in [1.54, 1.807) is 18.2 Å². The van der Waals surface area contributed by atoms with E-state index < -0.39 is 30.4 Å². The van der Waals surface area contributed by atoms with E-state index in [-0.39, 0.29) is 34.1 Å². The molecule has 0 N–H and O–H groups in total. The van der Waals surface area contributed by atoms with Crippen LogP contribution < -0.4 is 0 Å². The van der Waals surface area contributed by atoms with Gasteiger partial charge in [0.15, 0.2) is 6.29 Å². The molecule has 0 bridgehead atoms. The molecule has 2 saturated carbocycles. The lowest BCUT2D eigenvalue weighted by atomic mass is 9.48. The van der Waals surface area contributed by atoms with Crippen molar-refractivity contribution in [2.45, 2.75) is 134 Å². The highest BCUT2D eigenvalue weighted by atomic mass is 127. The minimum absolute atomic E-state index is 0.00781. The van der Waals surface area contributed by atoms with Crippen molar-refractivity contribution in [3.8, 4) is 0 Å². The Hall–Kier alpha value is -1.98. The van der Waals surface area contributed by atoms with Gasteiger partial charge in [0.05, 0.1) is 6.10 Å². The number of halogens is 1. The first kappa shape index (κ1) is 38.8. The molecular weight excluding hydrogens is 723 g/mol. The first-order valence-electron chi connectivity index (χ1n) is 17.9. The van der Waals surface area contributed by atoms with Crippen LogP contribution in [0.5, 0.6) is 0 Å². The summed E-state index contributed by atoms with van der Waals surface area (Å²) in [6.07, 6.45) is 18.1. The Balaban J connectivity index is 1.39. The summed E-state index contributed by atoms with van der Waals surface area (Å²) in [5.74, 6) is 1.44. The van der Waals surface area contributed by atoms with Crippen LogP contribution in [0.2, 0.25) is 0 Å². The Bertz CT molecular complexity index is 1260. The predicted octanol–water partition coefficient (Wildman–Crippen LogP) is 8.38. The number of fused-ring (bicyclic) bond motifs is 3. The highest BCUT2D eigenvalue weighted by Crippen LogP contribution is 2.63. The molecule has 0 amide bonds. The molecule has 4 rings (SSSR count). The second kappa shape index (κ2) is 17.3. The maximum absolute atomic E-state index is 11.9. The molecule has 3 aliphatic carbocycles. The fraction of sp³-hybridized carbons (Fsp3) is 0.718. The van der Waals surface area contributed by atoms with Gasteiger partial charge in [-0.1, -0.05) is 85.7 Å². The van der Waals surface area contributed by atoms with Crippen molar-refractivity contribution < 1.29 is 38.1 Å². The Labute approximate surface area is 301 Å². The molecule has 268 valence electrons. The van der Waals surface area contributed by atoms with Crippen LogP contribution in [0.1, 0.15) is 106 Å². The van der Waals surface area contributed by atoms with Gasteiger partial charge in [-0.05, 0) is 99.5 Å². The smallest absolute Gasteiger partial charge is 0.306 e. The molecule has 1 heterocycles. The minimum Gasteiger partial charge on any atom is -0.463 e. The van der Waals surface area contributed by atoms with Crippen LogP contribution in [0, 0.1) is 29.1 Å². The van der Waals surface area contributed by atoms with Crippen molar-refractivity contribution in [2.24, 2.45) is 29.1 Å². The molecule has 5 unspecified atom stereocenters. The lowest BCUT2D eigenvalue weighted by Crippen LogP contribution is -2.54. The molecule has 9 heteroatoms. The van der Waals surface area contributed by atoms with Gasteiger partial charge in [0.1, 0.15) is 25.4 Å². The van der Waals surface area contributed by atoms with E-state index in [1.807, 2.05) is 0 Å². The molecule has 0 saturated heterocycles. The number of rotatable bonds is 14. The number of allylic oxidation sites excluding steroid dienone is 3. The van der Waals surface area contributed by atoms with Gasteiger partial charge >= 0.3 is 17.9 Å². The summed E-state index contributed by atoms with van der Waals surface area (Å²) in [5.41, 5.74) is 3.13. The highest BCUT2D eigenvalue weighted by molar-refractivity contribution is 14.1.